The Hall–Kier alpha value is -1.65. The van der Waals surface area contributed by atoms with Crippen molar-refractivity contribution in [1.82, 2.24) is 15.5 Å². The van der Waals surface area contributed by atoms with Gasteiger partial charge in [0.1, 0.15) is 5.82 Å². The molecule has 1 aliphatic carbocycles. The third-order valence-corrected chi connectivity index (χ3v) is 3.57. The molecule has 5 nitrogen and oxygen atoms in total. The molecule has 0 unspecified atom stereocenters. The summed E-state index contributed by atoms with van der Waals surface area (Å²) in [6.45, 7) is 3.41. The van der Waals surface area contributed by atoms with Gasteiger partial charge in [-0.3, -0.25) is 4.79 Å². The van der Waals surface area contributed by atoms with Gasteiger partial charge in [-0.1, -0.05) is 25.7 Å². The average Bonchev–Trinajstić information content (AvgIpc) is 2.93. The molecule has 2 N–H and O–H groups in total. The van der Waals surface area contributed by atoms with Crippen LogP contribution in [-0.4, -0.2) is 29.2 Å². The van der Waals surface area contributed by atoms with Crippen LogP contribution in [0.4, 0.5) is 5.82 Å². The average molecular weight is 262 g/mol. The molecule has 1 aromatic heterocycles. The van der Waals surface area contributed by atoms with Crippen LogP contribution in [0, 0.1) is 5.92 Å². The van der Waals surface area contributed by atoms with Gasteiger partial charge in [0.2, 0.25) is 0 Å². The third-order valence-electron chi connectivity index (χ3n) is 3.57. The summed E-state index contributed by atoms with van der Waals surface area (Å²) in [5.74, 6) is 1.44. The van der Waals surface area contributed by atoms with Crippen molar-refractivity contribution in [2.24, 2.45) is 5.92 Å². The molecule has 0 aliphatic heterocycles. The predicted octanol–water partition coefficient (Wildman–Crippen LogP) is 2.22. The Morgan fingerprint density at radius 1 is 1.32 bits per heavy atom. The van der Waals surface area contributed by atoms with Gasteiger partial charge in [-0.25, -0.2) is 0 Å². The number of nitrogens with zero attached hydrogens (tertiary/aromatic N) is 2. The molecule has 104 valence electrons. The minimum atomic E-state index is -0.174. The van der Waals surface area contributed by atoms with Crippen molar-refractivity contribution < 1.29 is 4.79 Å². The second kappa shape index (κ2) is 7.07. The van der Waals surface area contributed by atoms with Crippen LogP contribution in [-0.2, 0) is 0 Å². The number of carbonyl (C=O) groups is 1. The first-order valence-corrected chi connectivity index (χ1v) is 7.15. The largest absolute Gasteiger partial charge is 0.369 e. The number of nitrogens with one attached hydrogen (secondary N) is 2. The number of hydrogen-bond acceptors (Lipinski definition) is 4. The van der Waals surface area contributed by atoms with Crippen LogP contribution in [0.3, 0.4) is 0 Å². The zero-order chi connectivity index (χ0) is 13.5. The number of aromatic nitrogens is 2. The lowest BCUT2D eigenvalue weighted by molar-refractivity contribution is 0.0950. The lowest BCUT2D eigenvalue weighted by atomic mass is 10.0. The van der Waals surface area contributed by atoms with Gasteiger partial charge < -0.3 is 10.6 Å². The molecule has 1 fully saturated rings. The van der Waals surface area contributed by atoms with E-state index < -0.39 is 0 Å². The summed E-state index contributed by atoms with van der Waals surface area (Å²) in [6.07, 6.45) is 6.68. The fraction of sp³-hybridized carbons (Fsp3) is 0.643. The fourth-order valence-electron chi connectivity index (χ4n) is 2.50. The fourth-order valence-corrected chi connectivity index (χ4v) is 2.50. The summed E-state index contributed by atoms with van der Waals surface area (Å²) in [7, 11) is 0. The highest BCUT2D eigenvalue weighted by molar-refractivity contribution is 5.92. The minimum Gasteiger partial charge on any atom is -0.369 e. The second-order valence-corrected chi connectivity index (χ2v) is 5.03. The molecule has 0 saturated heterocycles. The summed E-state index contributed by atoms with van der Waals surface area (Å²) < 4.78 is 0. The first kappa shape index (κ1) is 13.8. The Morgan fingerprint density at radius 3 is 2.74 bits per heavy atom. The van der Waals surface area contributed by atoms with E-state index in [0.717, 1.165) is 18.3 Å². The van der Waals surface area contributed by atoms with E-state index in [1.807, 2.05) is 13.0 Å². The van der Waals surface area contributed by atoms with Crippen molar-refractivity contribution >= 4 is 11.7 Å². The molecule has 0 aromatic carbocycles. The molecular formula is C14H22N4O. The van der Waals surface area contributed by atoms with E-state index in [1.54, 1.807) is 6.07 Å². The quantitative estimate of drug-likeness (QED) is 0.825. The first-order chi connectivity index (χ1) is 9.29. The van der Waals surface area contributed by atoms with E-state index in [9.17, 15) is 4.79 Å². The van der Waals surface area contributed by atoms with Crippen LogP contribution >= 0.6 is 0 Å². The van der Waals surface area contributed by atoms with Crippen LogP contribution in [0.1, 0.15) is 49.5 Å². The second-order valence-electron chi connectivity index (χ2n) is 5.03. The third kappa shape index (κ3) is 4.19. The van der Waals surface area contributed by atoms with E-state index >= 15 is 0 Å². The van der Waals surface area contributed by atoms with Gasteiger partial charge in [-0.2, -0.15) is 0 Å². The lowest BCUT2D eigenvalue weighted by Gasteiger charge is -2.09. The molecule has 0 atom stereocenters. The van der Waals surface area contributed by atoms with E-state index in [4.69, 9.17) is 0 Å². The Labute approximate surface area is 114 Å². The van der Waals surface area contributed by atoms with Crippen molar-refractivity contribution in [3.63, 3.8) is 0 Å². The van der Waals surface area contributed by atoms with Crippen LogP contribution in [0.25, 0.3) is 0 Å². The Kier molecular flexibility index (Phi) is 5.12. The van der Waals surface area contributed by atoms with E-state index in [1.165, 1.54) is 32.1 Å². The maximum absolute atomic E-state index is 11.5. The summed E-state index contributed by atoms with van der Waals surface area (Å²) >= 11 is 0. The number of anilines is 1. The molecule has 1 amide bonds. The molecule has 1 aliphatic rings. The van der Waals surface area contributed by atoms with Crippen LogP contribution in [0.15, 0.2) is 12.1 Å². The molecule has 0 bridgehead atoms. The van der Waals surface area contributed by atoms with Gasteiger partial charge in [0, 0.05) is 13.1 Å². The summed E-state index contributed by atoms with van der Waals surface area (Å²) in [6, 6.07) is 3.52. The summed E-state index contributed by atoms with van der Waals surface area (Å²) in [5, 5.41) is 13.9. The highest BCUT2D eigenvalue weighted by atomic mass is 16.1. The van der Waals surface area contributed by atoms with Crippen molar-refractivity contribution in [3.8, 4) is 0 Å². The molecular weight excluding hydrogens is 240 g/mol. The molecule has 1 heterocycles. The van der Waals surface area contributed by atoms with Crippen LogP contribution in [0.2, 0.25) is 0 Å². The Bertz CT molecular complexity index is 398. The summed E-state index contributed by atoms with van der Waals surface area (Å²) in [5.41, 5.74) is 0.364. The minimum absolute atomic E-state index is 0.174. The zero-order valence-electron chi connectivity index (χ0n) is 11.5. The standard InChI is InChI=1S/C14H22N4O/c1-2-15-14(19)12-7-8-13(18-17-12)16-10-9-11-5-3-4-6-11/h7-8,11H,2-6,9-10H2,1H3,(H,15,19)(H,16,18). The molecule has 2 rings (SSSR count). The highest BCUT2D eigenvalue weighted by Crippen LogP contribution is 2.27. The van der Waals surface area contributed by atoms with Gasteiger partial charge in [-0.05, 0) is 31.4 Å². The normalized spacial score (nSPS) is 15.4. The molecule has 19 heavy (non-hydrogen) atoms. The highest BCUT2D eigenvalue weighted by Gasteiger charge is 2.14. The van der Waals surface area contributed by atoms with Crippen molar-refractivity contribution in [3.05, 3.63) is 17.8 Å². The van der Waals surface area contributed by atoms with Crippen LogP contribution < -0.4 is 10.6 Å². The number of hydrogen-bond donors (Lipinski definition) is 2. The van der Waals surface area contributed by atoms with E-state index in [2.05, 4.69) is 20.8 Å². The first-order valence-electron chi connectivity index (χ1n) is 7.15. The smallest absolute Gasteiger partial charge is 0.271 e. The number of rotatable bonds is 6. The van der Waals surface area contributed by atoms with Gasteiger partial charge >= 0.3 is 0 Å². The van der Waals surface area contributed by atoms with Crippen molar-refractivity contribution in [2.75, 3.05) is 18.4 Å². The molecule has 1 saturated carbocycles. The van der Waals surface area contributed by atoms with E-state index in [-0.39, 0.29) is 5.91 Å². The number of carbonyl (C=O) groups excluding carboxylic acids is 1. The molecule has 0 radical (unpaired) electrons. The van der Waals surface area contributed by atoms with Gasteiger partial charge in [0.15, 0.2) is 5.69 Å². The topological polar surface area (TPSA) is 66.9 Å². The van der Waals surface area contributed by atoms with E-state index in [0.29, 0.717) is 12.2 Å². The Balaban J connectivity index is 1.76. The van der Waals surface area contributed by atoms with Crippen molar-refractivity contribution in [2.45, 2.75) is 39.0 Å². The van der Waals surface area contributed by atoms with Crippen LogP contribution in [0.5, 0.6) is 0 Å². The maximum Gasteiger partial charge on any atom is 0.271 e. The molecule has 1 aromatic rings. The molecule has 5 heteroatoms. The van der Waals surface area contributed by atoms with Crippen molar-refractivity contribution in [1.29, 1.82) is 0 Å². The summed E-state index contributed by atoms with van der Waals surface area (Å²) in [4.78, 5) is 11.5. The monoisotopic (exact) mass is 262 g/mol. The Morgan fingerprint density at radius 2 is 2.11 bits per heavy atom. The number of amides is 1. The zero-order valence-corrected chi connectivity index (χ0v) is 11.5. The van der Waals surface area contributed by atoms with Gasteiger partial charge in [0.05, 0.1) is 0 Å². The van der Waals surface area contributed by atoms with Gasteiger partial charge in [0.25, 0.3) is 5.91 Å². The molecule has 0 spiro atoms. The predicted molar refractivity (Wildman–Crippen MR) is 75.1 cm³/mol. The van der Waals surface area contributed by atoms with Gasteiger partial charge in [-0.15, -0.1) is 10.2 Å². The SMILES string of the molecule is CCNC(=O)c1ccc(NCCC2CCCC2)nn1. The lowest BCUT2D eigenvalue weighted by Crippen LogP contribution is -2.24. The maximum atomic E-state index is 11.5.